The molecular weight excluding hydrogens is 240 g/mol. The van der Waals surface area contributed by atoms with Crippen LogP contribution in [0.5, 0.6) is 11.6 Å². The second-order valence-electron chi connectivity index (χ2n) is 4.01. The van der Waals surface area contributed by atoms with E-state index >= 15 is 0 Å². The molecule has 1 aromatic heterocycles. The molecule has 0 saturated carbocycles. The summed E-state index contributed by atoms with van der Waals surface area (Å²) in [6.45, 7) is 2.11. The highest BCUT2D eigenvalue weighted by molar-refractivity contribution is 5.20. The Bertz CT molecular complexity index is 489. The minimum absolute atomic E-state index is 0.633. The molecule has 0 fully saturated rings. The molecule has 2 rings (SSSR count). The largest absolute Gasteiger partial charge is 0.492 e. The van der Waals surface area contributed by atoms with Crippen LogP contribution in [-0.4, -0.2) is 25.2 Å². The van der Waals surface area contributed by atoms with Gasteiger partial charge in [-0.2, -0.15) is 0 Å². The molecule has 19 heavy (non-hydrogen) atoms. The first-order chi connectivity index (χ1) is 9.38. The number of benzene rings is 1. The van der Waals surface area contributed by atoms with Crippen molar-refractivity contribution in [3.05, 3.63) is 54.2 Å². The van der Waals surface area contributed by atoms with Gasteiger partial charge in [0.1, 0.15) is 12.4 Å². The molecule has 0 radical (unpaired) electrons. The lowest BCUT2D eigenvalue weighted by Gasteiger charge is -2.07. The van der Waals surface area contributed by atoms with E-state index in [1.54, 1.807) is 7.11 Å². The molecule has 4 heteroatoms. The van der Waals surface area contributed by atoms with Gasteiger partial charge in [-0.1, -0.05) is 24.3 Å². The predicted molar refractivity (Wildman–Crippen MR) is 74.4 cm³/mol. The Morgan fingerprint density at radius 1 is 1.05 bits per heavy atom. The van der Waals surface area contributed by atoms with Crippen LogP contribution in [0.3, 0.4) is 0 Å². The van der Waals surface area contributed by atoms with Crippen molar-refractivity contribution < 1.29 is 9.47 Å². The van der Waals surface area contributed by atoms with Crippen molar-refractivity contribution in [3.63, 3.8) is 0 Å². The van der Waals surface area contributed by atoms with E-state index in [2.05, 4.69) is 10.3 Å². The zero-order chi connectivity index (χ0) is 13.3. The van der Waals surface area contributed by atoms with Crippen molar-refractivity contribution in [3.8, 4) is 11.6 Å². The number of aromatic nitrogens is 1. The lowest BCUT2D eigenvalue weighted by atomic mass is 10.3. The number of nitrogens with one attached hydrogen (secondary N) is 1. The standard InChI is InChI=1S/C15H18N2O2/c1-18-15-9-5-6-13(17-15)12-16-10-11-19-14-7-3-2-4-8-14/h2-9,16H,10-12H2,1H3. The molecule has 0 aliphatic heterocycles. The van der Waals surface area contributed by atoms with E-state index in [9.17, 15) is 0 Å². The summed E-state index contributed by atoms with van der Waals surface area (Å²) < 4.78 is 10.7. The number of hydrogen-bond acceptors (Lipinski definition) is 4. The Morgan fingerprint density at radius 2 is 1.89 bits per heavy atom. The molecule has 0 aliphatic rings. The average molecular weight is 258 g/mol. The van der Waals surface area contributed by atoms with Gasteiger partial charge in [-0.15, -0.1) is 0 Å². The zero-order valence-electron chi connectivity index (χ0n) is 11.0. The molecule has 0 unspecified atom stereocenters. The van der Waals surface area contributed by atoms with Crippen molar-refractivity contribution in [2.24, 2.45) is 0 Å². The first kappa shape index (κ1) is 13.4. The first-order valence-corrected chi connectivity index (χ1v) is 6.27. The highest BCUT2D eigenvalue weighted by Crippen LogP contribution is 2.08. The van der Waals surface area contributed by atoms with Crippen molar-refractivity contribution >= 4 is 0 Å². The Balaban J connectivity index is 1.66. The van der Waals surface area contributed by atoms with Crippen LogP contribution < -0.4 is 14.8 Å². The summed E-state index contributed by atoms with van der Waals surface area (Å²) in [5.41, 5.74) is 0.957. The molecule has 100 valence electrons. The smallest absolute Gasteiger partial charge is 0.213 e. The van der Waals surface area contributed by atoms with Crippen molar-refractivity contribution in [1.29, 1.82) is 0 Å². The highest BCUT2D eigenvalue weighted by Gasteiger charge is 1.97. The predicted octanol–water partition coefficient (Wildman–Crippen LogP) is 2.26. The second kappa shape index (κ2) is 7.38. The van der Waals surface area contributed by atoms with Gasteiger partial charge in [0, 0.05) is 19.2 Å². The van der Waals surface area contributed by atoms with E-state index in [-0.39, 0.29) is 0 Å². The molecule has 0 saturated heterocycles. The van der Waals surface area contributed by atoms with Crippen LogP contribution in [0.1, 0.15) is 5.69 Å². The zero-order valence-corrected chi connectivity index (χ0v) is 11.0. The van der Waals surface area contributed by atoms with Crippen molar-refractivity contribution in [2.75, 3.05) is 20.3 Å². The molecule has 0 spiro atoms. The fraction of sp³-hybridized carbons (Fsp3) is 0.267. The molecule has 0 bridgehead atoms. The molecule has 1 aromatic carbocycles. The Morgan fingerprint density at radius 3 is 2.68 bits per heavy atom. The number of hydrogen-bond donors (Lipinski definition) is 1. The average Bonchev–Trinajstić information content (AvgIpc) is 2.48. The summed E-state index contributed by atoms with van der Waals surface area (Å²) >= 11 is 0. The summed E-state index contributed by atoms with van der Waals surface area (Å²) in [5.74, 6) is 1.53. The summed E-state index contributed by atoms with van der Waals surface area (Å²) in [5, 5.41) is 3.28. The van der Waals surface area contributed by atoms with Crippen LogP contribution in [-0.2, 0) is 6.54 Å². The van der Waals surface area contributed by atoms with Gasteiger partial charge in [-0.05, 0) is 18.2 Å². The maximum Gasteiger partial charge on any atom is 0.213 e. The maximum atomic E-state index is 5.58. The number of rotatable bonds is 7. The summed E-state index contributed by atoms with van der Waals surface area (Å²) in [6.07, 6.45) is 0. The summed E-state index contributed by atoms with van der Waals surface area (Å²) in [4.78, 5) is 4.32. The molecule has 0 atom stereocenters. The highest BCUT2D eigenvalue weighted by atomic mass is 16.5. The third-order valence-electron chi connectivity index (χ3n) is 2.59. The number of ether oxygens (including phenoxy) is 2. The van der Waals surface area contributed by atoms with E-state index in [1.807, 2.05) is 48.5 Å². The molecule has 0 amide bonds. The molecule has 0 aliphatic carbocycles. The van der Waals surface area contributed by atoms with Crippen molar-refractivity contribution in [1.82, 2.24) is 10.3 Å². The van der Waals surface area contributed by atoms with E-state index in [1.165, 1.54) is 0 Å². The number of para-hydroxylation sites is 1. The lowest BCUT2D eigenvalue weighted by molar-refractivity contribution is 0.313. The van der Waals surface area contributed by atoms with E-state index in [0.717, 1.165) is 18.0 Å². The van der Waals surface area contributed by atoms with Gasteiger partial charge in [0.2, 0.25) is 5.88 Å². The molecule has 1 heterocycles. The number of methoxy groups -OCH3 is 1. The maximum absolute atomic E-state index is 5.58. The first-order valence-electron chi connectivity index (χ1n) is 6.27. The minimum atomic E-state index is 0.633. The van der Waals surface area contributed by atoms with Crippen molar-refractivity contribution in [2.45, 2.75) is 6.54 Å². The van der Waals surface area contributed by atoms with Gasteiger partial charge in [-0.3, -0.25) is 0 Å². The fourth-order valence-electron chi connectivity index (χ4n) is 1.64. The molecular formula is C15H18N2O2. The minimum Gasteiger partial charge on any atom is -0.492 e. The van der Waals surface area contributed by atoms with Gasteiger partial charge in [0.15, 0.2) is 0 Å². The summed E-state index contributed by atoms with van der Waals surface area (Å²) in [6, 6.07) is 15.5. The fourth-order valence-corrected chi connectivity index (χ4v) is 1.64. The van der Waals surface area contributed by atoms with Crippen LogP contribution in [0.4, 0.5) is 0 Å². The van der Waals surface area contributed by atoms with Gasteiger partial charge < -0.3 is 14.8 Å². The Labute approximate surface area is 113 Å². The number of nitrogens with zero attached hydrogens (tertiary/aromatic N) is 1. The van der Waals surface area contributed by atoms with Crippen LogP contribution in [0.25, 0.3) is 0 Å². The topological polar surface area (TPSA) is 43.4 Å². The normalized spacial score (nSPS) is 10.2. The SMILES string of the molecule is COc1cccc(CNCCOc2ccccc2)n1. The molecule has 1 N–H and O–H groups in total. The van der Waals surface area contributed by atoms with Gasteiger partial charge in [0.25, 0.3) is 0 Å². The van der Waals surface area contributed by atoms with Gasteiger partial charge in [-0.25, -0.2) is 4.98 Å². The second-order valence-corrected chi connectivity index (χ2v) is 4.01. The van der Waals surface area contributed by atoms with Crippen LogP contribution in [0.2, 0.25) is 0 Å². The van der Waals surface area contributed by atoms with E-state index in [4.69, 9.17) is 9.47 Å². The van der Waals surface area contributed by atoms with Gasteiger partial charge >= 0.3 is 0 Å². The van der Waals surface area contributed by atoms with Crippen LogP contribution in [0.15, 0.2) is 48.5 Å². The molecule has 2 aromatic rings. The lowest BCUT2D eigenvalue weighted by Crippen LogP contribution is -2.21. The third-order valence-corrected chi connectivity index (χ3v) is 2.59. The molecule has 4 nitrogen and oxygen atoms in total. The quantitative estimate of drug-likeness (QED) is 0.774. The van der Waals surface area contributed by atoms with Crippen LogP contribution in [0, 0.1) is 0 Å². The van der Waals surface area contributed by atoms with Crippen LogP contribution >= 0.6 is 0 Å². The third kappa shape index (κ3) is 4.60. The monoisotopic (exact) mass is 258 g/mol. The Hall–Kier alpha value is -2.07. The van der Waals surface area contributed by atoms with E-state index in [0.29, 0.717) is 19.0 Å². The van der Waals surface area contributed by atoms with Gasteiger partial charge in [0.05, 0.1) is 12.8 Å². The van der Waals surface area contributed by atoms with E-state index < -0.39 is 0 Å². The Kier molecular flexibility index (Phi) is 5.19. The number of pyridine rings is 1. The summed E-state index contributed by atoms with van der Waals surface area (Å²) in [7, 11) is 1.62.